The molecular weight excluding hydrogens is 238 g/mol. The van der Waals surface area contributed by atoms with E-state index in [1.54, 1.807) is 0 Å². The van der Waals surface area contributed by atoms with Crippen LogP contribution in [0.1, 0.15) is 29.2 Å². The summed E-state index contributed by atoms with van der Waals surface area (Å²) in [7, 11) is -3.32. The summed E-state index contributed by atoms with van der Waals surface area (Å²) in [6, 6.07) is 1.30. The van der Waals surface area contributed by atoms with E-state index in [4.69, 9.17) is 5.11 Å². The molecule has 0 saturated heterocycles. The second kappa shape index (κ2) is 3.57. The van der Waals surface area contributed by atoms with Crippen molar-refractivity contribution in [1.29, 1.82) is 0 Å². The number of carbonyl (C=O) groups is 1. The molecule has 0 bridgehead atoms. The van der Waals surface area contributed by atoms with Crippen LogP contribution in [-0.2, 0) is 14.6 Å². The number of sulfone groups is 1. The lowest BCUT2D eigenvalue weighted by atomic mass is 10.1. The molecule has 1 aromatic heterocycles. The maximum absolute atomic E-state index is 11.4. The van der Waals surface area contributed by atoms with Gasteiger partial charge in [-0.1, -0.05) is 0 Å². The third kappa shape index (κ3) is 2.18. The SMILES string of the molecule is CC(C)(c1cc(C(=O)O)sn1)S(C)(=O)=O. The summed E-state index contributed by atoms with van der Waals surface area (Å²) >= 11 is 0.787. The van der Waals surface area contributed by atoms with E-state index in [0.717, 1.165) is 17.8 Å². The maximum Gasteiger partial charge on any atom is 0.347 e. The summed E-state index contributed by atoms with van der Waals surface area (Å²) in [6.45, 7) is 3.01. The second-order valence-corrected chi connectivity index (χ2v) is 7.03. The first-order valence-corrected chi connectivity index (χ1v) is 6.73. The van der Waals surface area contributed by atoms with E-state index in [1.165, 1.54) is 19.9 Å². The van der Waals surface area contributed by atoms with Gasteiger partial charge >= 0.3 is 5.97 Å². The first-order valence-electron chi connectivity index (χ1n) is 4.06. The van der Waals surface area contributed by atoms with Gasteiger partial charge in [0, 0.05) is 6.26 Å². The Kier molecular flexibility index (Phi) is 2.88. The normalized spacial score (nSPS) is 12.7. The van der Waals surface area contributed by atoms with Crippen molar-refractivity contribution in [3.05, 3.63) is 16.6 Å². The first kappa shape index (κ1) is 12.1. The van der Waals surface area contributed by atoms with Gasteiger partial charge in [0.25, 0.3) is 0 Å². The lowest BCUT2D eigenvalue weighted by Crippen LogP contribution is -2.28. The van der Waals surface area contributed by atoms with Gasteiger partial charge in [0.15, 0.2) is 9.84 Å². The van der Waals surface area contributed by atoms with Gasteiger partial charge in [-0.25, -0.2) is 13.2 Å². The van der Waals surface area contributed by atoms with Gasteiger partial charge in [-0.2, -0.15) is 4.37 Å². The second-order valence-electron chi connectivity index (χ2n) is 3.66. The zero-order valence-corrected chi connectivity index (χ0v) is 10.1. The van der Waals surface area contributed by atoms with Crippen LogP contribution in [-0.4, -0.2) is 30.1 Å². The maximum atomic E-state index is 11.4. The van der Waals surface area contributed by atoms with Crippen LogP contribution in [0, 0.1) is 0 Å². The van der Waals surface area contributed by atoms with Crippen molar-refractivity contribution in [2.24, 2.45) is 0 Å². The van der Waals surface area contributed by atoms with Crippen LogP contribution in [0.5, 0.6) is 0 Å². The van der Waals surface area contributed by atoms with Gasteiger partial charge in [-0.15, -0.1) is 0 Å². The molecule has 7 heteroatoms. The molecule has 1 aromatic rings. The molecule has 0 radical (unpaired) electrons. The van der Waals surface area contributed by atoms with Gasteiger partial charge in [-0.3, -0.25) is 0 Å². The molecule has 0 aliphatic rings. The summed E-state index contributed by atoms with van der Waals surface area (Å²) < 4.78 is 25.6. The van der Waals surface area contributed by atoms with E-state index in [-0.39, 0.29) is 10.6 Å². The third-order valence-electron chi connectivity index (χ3n) is 2.26. The number of nitrogens with zero attached hydrogens (tertiary/aromatic N) is 1. The molecule has 0 amide bonds. The van der Waals surface area contributed by atoms with Crippen molar-refractivity contribution in [1.82, 2.24) is 4.37 Å². The number of carboxylic acid groups (broad SMARTS) is 1. The molecule has 1 N–H and O–H groups in total. The Morgan fingerprint density at radius 3 is 2.40 bits per heavy atom. The van der Waals surface area contributed by atoms with E-state index >= 15 is 0 Å². The van der Waals surface area contributed by atoms with E-state index in [2.05, 4.69) is 4.37 Å². The molecule has 0 aromatic carbocycles. The Balaban J connectivity index is 3.23. The van der Waals surface area contributed by atoms with Gasteiger partial charge < -0.3 is 5.11 Å². The number of aromatic carboxylic acids is 1. The van der Waals surface area contributed by atoms with Crippen molar-refractivity contribution in [3.8, 4) is 0 Å². The van der Waals surface area contributed by atoms with Crippen molar-refractivity contribution in [3.63, 3.8) is 0 Å². The predicted octanol–water partition coefficient (Wildman–Crippen LogP) is 1.12. The summed E-state index contributed by atoms with van der Waals surface area (Å²) in [4.78, 5) is 10.7. The van der Waals surface area contributed by atoms with Gasteiger partial charge in [0.1, 0.15) is 9.62 Å². The molecule has 15 heavy (non-hydrogen) atoms. The summed E-state index contributed by atoms with van der Waals surface area (Å²) in [6.07, 6.45) is 1.10. The Hall–Kier alpha value is -0.950. The van der Waals surface area contributed by atoms with E-state index in [9.17, 15) is 13.2 Å². The van der Waals surface area contributed by atoms with Crippen molar-refractivity contribution < 1.29 is 18.3 Å². The fourth-order valence-corrected chi connectivity index (χ4v) is 2.11. The highest BCUT2D eigenvalue weighted by Gasteiger charge is 2.35. The zero-order valence-electron chi connectivity index (χ0n) is 8.51. The summed E-state index contributed by atoms with van der Waals surface area (Å²) in [5, 5.41) is 8.69. The van der Waals surface area contributed by atoms with E-state index < -0.39 is 20.6 Å². The van der Waals surface area contributed by atoms with Crippen LogP contribution in [0.2, 0.25) is 0 Å². The molecule has 1 heterocycles. The lowest BCUT2D eigenvalue weighted by molar-refractivity contribution is 0.0702. The molecule has 5 nitrogen and oxygen atoms in total. The van der Waals surface area contributed by atoms with Crippen LogP contribution in [0.15, 0.2) is 6.07 Å². The molecule has 0 saturated carbocycles. The highest BCUT2D eigenvalue weighted by molar-refractivity contribution is 7.91. The molecule has 0 unspecified atom stereocenters. The molecule has 0 fully saturated rings. The Morgan fingerprint density at radius 1 is 1.53 bits per heavy atom. The van der Waals surface area contributed by atoms with Gasteiger partial charge in [0.05, 0.1) is 5.69 Å². The highest BCUT2D eigenvalue weighted by Crippen LogP contribution is 2.29. The average molecular weight is 249 g/mol. The minimum absolute atomic E-state index is 0.0433. The number of aromatic nitrogens is 1. The lowest BCUT2D eigenvalue weighted by Gasteiger charge is -2.19. The average Bonchev–Trinajstić information content (AvgIpc) is 2.49. The minimum Gasteiger partial charge on any atom is -0.477 e. The Morgan fingerprint density at radius 2 is 2.07 bits per heavy atom. The quantitative estimate of drug-likeness (QED) is 0.867. The first-order chi connectivity index (χ1) is 6.66. The van der Waals surface area contributed by atoms with Crippen LogP contribution in [0.25, 0.3) is 0 Å². The highest BCUT2D eigenvalue weighted by atomic mass is 32.2. The number of rotatable bonds is 3. The standard InChI is InChI=1S/C8H11NO4S2/c1-8(2,15(3,12)13)6-4-5(7(10)11)14-9-6/h4H,1-3H3,(H,10,11). The summed E-state index contributed by atoms with van der Waals surface area (Å²) in [5.74, 6) is -1.09. The van der Waals surface area contributed by atoms with E-state index in [1.807, 2.05) is 0 Å². The number of hydrogen-bond acceptors (Lipinski definition) is 5. The fourth-order valence-electron chi connectivity index (χ4n) is 0.850. The van der Waals surface area contributed by atoms with Crippen LogP contribution >= 0.6 is 11.5 Å². The van der Waals surface area contributed by atoms with Gasteiger partial charge in [-0.05, 0) is 31.4 Å². The minimum atomic E-state index is -3.32. The van der Waals surface area contributed by atoms with Crippen molar-refractivity contribution >= 4 is 27.3 Å². The molecular formula is C8H11NO4S2. The molecule has 0 aliphatic carbocycles. The zero-order chi connectivity index (χ0) is 11.9. The van der Waals surface area contributed by atoms with Crippen molar-refractivity contribution in [2.75, 3.05) is 6.26 Å². The van der Waals surface area contributed by atoms with Crippen molar-refractivity contribution in [2.45, 2.75) is 18.6 Å². The monoisotopic (exact) mass is 249 g/mol. The third-order valence-corrected chi connectivity index (χ3v) is 5.11. The van der Waals surface area contributed by atoms with E-state index in [0.29, 0.717) is 0 Å². The predicted molar refractivity (Wildman–Crippen MR) is 56.9 cm³/mol. The molecule has 0 aliphatic heterocycles. The molecule has 0 atom stereocenters. The van der Waals surface area contributed by atoms with Gasteiger partial charge in [0.2, 0.25) is 0 Å². The largest absolute Gasteiger partial charge is 0.477 e. The fraction of sp³-hybridized carbons (Fsp3) is 0.500. The van der Waals surface area contributed by atoms with Crippen LogP contribution in [0.3, 0.4) is 0 Å². The van der Waals surface area contributed by atoms with Crippen LogP contribution in [0.4, 0.5) is 0 Å². The number of hydrogen-bond donors (Lipinski definition) is 1. The van der Waals surface area contributed by atoms with Crippen LogP contribution < -0.4 is 0 Å². The summed E-state index contributed by atoms with van der Waals surface area (Å²) in [5.41, 5.74) is 0.271. The Labute approximate surface area is 91.8 Å². The Bertz CT molecular complexity index is 486. The topological polar surface area (TPSA) is 84.3 Å². The number of carboxylic acids is 1. The molecule has 1 rings (SSSR count). The molecule has 84 valence electrons. The smallest absolute Gasteiger partial charge is 0.347 e. The molecule has 0 spiro atoms.